The molecular formula is C11H19BO10P2. The van der Waals surface area contributed by atoms with Crippen molar-refractivity contribution in [1.29, 1.82) is 0 Å². The molecule has 0 saturated carbocycles. The van der Waals surface area contributed by atoms with Crippen LogP contribution < -0.4 is 0 Å². The van der Waals surface area contributed by atoms with Crippen molar-refractivity contribution in [2.75, 3.05) is 13.2 Å². The molecule has 13 heteroatoms. The van der Waals surface area contributed by atoms with Crippen LogP contribution in [0.25, 0.3) is 0 Å². The van der Waals surface area contributed by atoms with E-state index in [9.17, 15) is 9.13 Å². The number of rotatable bonds is 9. The highest BCUT2D eigenvalue weighted by Gasteiger charge is 2.47. The normalized spacial score (nSPS) is 29.0. The maximum atomic E-state index is 11.1. The van der Waals surface area contributed by atoms with Crippen LogP contribution in [0.4, 0.5) is 0 Å². The first-order valence-electron chi connectivity index (χ1n) is 6.78. The fraction of sp³-hybridized carbons (Fsp3) is 0.636. The first-order chi connectivity index (χ1) is 11.0. The van der Waals surface area contributed by atoms with Crippen LogP contribution in [0.15, 0.2) is 24.3 Å². The zero-order chi connectivity index (χ0) is 18.4. The highest BCUT2D eigenvalue weighted by molar-refractivity contribution is 7.46. The lowest BCUT2D eigenvalue weighted by Crippen LogP contribution is -2.38. The van der Waals surface area contributed by atoms with Crippen molar-refractivity contribution in [3.8, 4) is 0 Å². The summed E-state index contributed by atoms with van der Waals surface area (Å²) in [7, 11) is -4.03. The van der Waals surface area contributed by atoms with Crippen LogP contribution in [0.1, 0.15) is 6.92 Å². The zero-order valence-electron chi connectivity index (χ0n) is 12.7. The van der Waals surface area contributed by atoms with Gasteiger partial charge >= 0.3 is 15.6 Å². The highest BCUT2D eigenvalue weighted by atomic mass is 31.2. The lowest BCUT2D eigenvalue weighted by molar-refractivity contribution is -0.0199. The number of allylic oxidation sites excluding steroid dienone is 3. The summed E-state index contributed by atoms with van der Waals surface area (Å²) >= 11 is 0. The largest absolute Gasteiger partial charge is 0.470 e. The third-order valence-corrected chi connectivity index (χ3v) is 3.84. The SMILES string of the molecule is [B][C@@H]1O[C@H](COP(=O)(O)O)[C@H](OP(=O)(O)O)C1OC/C=C/C=C/C. The first-order valence-corrected chi connectivity index (χ1v) is 9.84. The van der Waals surface area contributed by atoms with E-state index < -0.39 is 46.6 Å². The van der Waals surface area contributed by atoms with Crippen molar-refractivity contribution < 1.29 is 47.2 Å². The topological polar surface area (TPSA) is 152 Å². The van der Waals surface area contributed by atoms with Gasteiger partial charge in [0.25, 0.3) is 0 Å². The number of ether oxygens (including phenoxy) is 2. The molecule has 10 nitrogen and oxygen atoms in total. The Labute approximate surface area is 140 Å². The van der Waals surface area contributed by atoms with Crippen molar-refractivity contribution in [3.05, 3.63) is 24.3 Å². The summed E-state index contributed by atoms with van der Waals surface area (Å²) in [4.78, 5) is 35.4. The fourth-order valence-corrected chi connectivity index (χ4v) is 2.86. The maximum Gasteiger partial charge on any atom is 0.470 e. The fourth-order valence-electron chi connectivity index (χ4n) is 1.95. The molecule has 136 valence electrons. The van der Waals surface area contributed by atoms with Crippen molar-refractivity contribution in [2.24, 2.45) is 0 Å². The third kappa shape index (κ3) is 8.18. The highest BCUT2D eigenvalue weighted by Crippen LogP contribution is 2.43. The molecular weight excluding hydrogens is 365 g/mol. The summed E-state index contributed by atoms with van der Waals surface area (Å²) < 4.78 is 41.3. The Morgan fingerprint density at radius 3 is 2.33 bits per heavy atom. The number of hydrogen-bond acceptors (Lipinski definition) is 6. The van der Waals surface area contributed by atoms with Crippen LogP contribution in [0.5, 0.6) is 0 Å². The van der Waals surface area contributed by atoms with Gasteiger partial charge in [-0.25, -0.2) is 9.13 Å². The van der Waals surface area contributed by atoms with Gasteiger partial charge in [0, 0.05) is 6.00 Å². The summed E-state index contributed by atoms with van der Waals surface area (Å²) in [6.45, 7) is 1.19. The van der Waals surface area contributed by atoms with E-state index in [1.165, 1.54) is 0 Å². The molecule has 0 bridgehead atoms. The van der Waals surface area contributed by atoms with Crippen molar-refractivity contribution in [3.63, 3.8) is 0 Å². The Hall–Kier alpha value is -0.315. The van der Waals surface area contributed by atoms with Gasteiger partial charge in [0.15, 0.2) is 0 Å². The van der Waals surface area contributed by atoms with Gasteiger partial charge in [-0.05, 0) is 6.92 Å². The van der Waals surface area contributed by atoms with Gasteiger partial charge in [-0.2, -0.15) is 0 Å². The smallest absolute Gasteiger partial charge is 0.377 e. The summed E-state index contributed by atoms with van der Waals surface area (Å²) in [5, 5.41) is 0. The Bertz CT molecular complexity index is 541. The molecule has 1 unspecified atom stereocenters. The van der Waals surface area contributed by atoms with E-state index in [1.807, 2.05) is 6.92 Å². The van der Waals surface area contributed by atoms with Crippen LogP contribution >= 0.6 is 15.6 Å². The van der Waals surface area contributed by atoms with Gasteiger partial charge in [-0.3, -0.25) is 9.05 Å². The molecule has 1 saturated heterocycles. The molecule has 0 aliphatic carbocycles. The van der Waals surface area contributed by atoms with E-state index >= 15 is 0 Å². The van der Waals surface area contributed by atoms with Gasteiger partial charge in [-0.1, -0.05) is 24.3 Å². The minimum absolute atomic E-state index is 0.0547. The van der Waals surface area contributed by atoms with Crippen molar-refractivity contribution in [2.45, 2.75) is 31.2 Å². The molecule has 24 heavy (non-hydrogen) atoms. The molecule has 0 amide bonds. The van der Waals surface area contributed by atoms with Gasteiger partial charge < -0.3 is 29.0 Å². The number of phosphoric acid groups is 2. The quantitative estimate of drug-likeness (QED) is 0.243. The second-order valence-corrected chi connectivity index (χ2v) is 7.17. The predicted octanol–water partition coefficient (Wildman–Crippen LogP) is -0.0155. The molecule has 1 fully saturated rings. The standard InChI is InChI=1S/C11H19BO10P2/c1-2-3-4-5-6-19-10-9(22-24(16,17)18)8(21-11(10)12)7-20-23(13,14)15/h2-5,8-11H,6-7H2,1H3,(H2,13,14,15)(H2,16,17,18)/b3-2+,5-4+/t8-,9+,10?,11-/m1/s1. The average Bonchev–Trinajstić information content (AvgIpc) is 2.70. The van der Waals surface area contributed by atoms with E-state index in [4.69, 9.17) is 36.9 Å². The van der Waals surface area contributed by atoms with Crippen molar-refractivity contribution >= 4 is 23.5 Å². The average molecular weight is 384 g/mol. The second-order valence-electron chi connectivity index (χ2n) is 4.74. The van der Waals surface area contributed by atoms with Crippen LogP contribution in [0, 0.1) is 0 Å². The van der Waals surface area contributed by atoms with Crippen LogP contribution in [-0.2, 0) is 27.7 Å². The summed E-state index contributed by atoms with van der Waals surface area (Å²) in [6.07, 6.45) is 3.17. The minimum atomic E-state index is -4.92. The Balaban J connectivity index is 2.78. The maximum absolute atomic E-state index is 11.1. The van der Waals surface area contributed by atoms with E-state index in [-0.39, 0.29) is 6.61 Å². The van der Waals surface area contributed by atoms with E-state index in [1.54, 1.807) is 24.3 Å². The number of hydrogen-bond donors (Lipinski definition) is 4. The Morgan fingerprint density at radius 1 is 1.12 bits per heavy atom. The van der Waals surface area contributed by atoms with E-state index in [0.29, 0.717) is 0 Å². The van der Waals surface area contributed by atoms with E-state index in [2.05, 4.69) is 9.05 Å². The number of phosphoric ester groups is 2. The lowest BCUT2D eigenvalue weighted by Gasteiger charge is -2.24. The van der Waals surface area contributed by atoms with Gasteiger partial charge in [0.2, 0.25) is 0 Å². The molecule has 1 heterocycles. The van der Waals surface area contributed by atoms with E-state index in [0.717, 1.165) is 0 Å². The lowest BCUT2D eigenvalue weighted by atomic mass is 9.93. The zero-order valence-corrected chi connectivity index (χ0v) is 14.5. The first kappa shape index (κ1) is 21.7. The third-order valence-electron chi connectivity index (χ3n) is 2.84. The molecule has 0 aromatic rings. The predicted molar refractivity (Wildman–Crippen MR) is 83.0 cm³/mol. The van der Waals surface area contributed by atoms with Crippen LogP contribution in [0.3, 0.4) is 0 Å². The van der Waals surface area contributed by atoms with Crippen LogP contribution in [-0.4, -0.2) is 64.9 Å². The summed E-state index contributed by atoms with van der Waals surface area (Å²) in [5.41, 5.74) is 0. The molecule has 2 radical (unpaired) electrons. The molecule has 1 aliphatic heterocycles. The molecule has 4 atom stereocenters. The molecule has 1 aliphatic rings. The van der Waals surface area contributed by atoms with Gasteiger partial charge in [0.1, 0.15) is 26.2 Å². The Morgan fingerprint density at radius 2 is 1.79 bits per heavy atom. The molecule has 1 rings (SSSR count). The second kappa shape index (κ2) is 9.40. The van der Waals surface area contributed by atoms with Gasteiger partial charge in [0.05, 0.1) is 13.2 Å². The van der Waals surface area contributed by atoms with Crippen LogP contribution in [0.2, 0.25) is 0 Å². The molecule has 0 spiro atoms. The molecule has 0 aromatic heterocycles. The van der Waals surface area contributed by atoms with Gasteiger partial charge in [-0.15, -0.1) is 0 Å². The monoisotopic (exact) mass is 384 g/mol. The summed E-state index contributed by atoms with van der Waals surface area (Å²) in [6, 6.07) is -1.12. The van der Waals surface area contributed by atoms with Crippen molar-refractivity contribution in [1.82, 2.24) is 0 Å². The molecule has 4 N–H and O–H groups in total. The Kier molecular flexibility index (Phi) is 8.51. The summed E-state index contributed by atoms with van der Waals surface area (Å²) in [5.74, 6) is 0. The minimum Gasteiger partial charge on any atom is -0.377 e. The molecule has 0 aromatic carbocycles.